The quantitative estimate of drug-likeness (QED) is 0.805. The Morgan fingerprint density at radius 2 is 1.71 bits per heavy atom. The van der Waals surface area contributed by atoms with Crippen LogP contribution in [0.4, 0.5) is 5.69 Å². The van der Waals surface area contributed by atoms with Gasteiger partial charge in [-0.05, 0) is 68.4 Å². The van der Waals surface area contributed by atoms with E-state index < -0.39 is 0 Å². The lowest BCUT2D eigenvalue weighted by Gasteiger charge is -2.55. The van der Waals surface area contributed by atoms with Crippen molar-refractivity contribution in [2.24, 2.45) is 23.2 Å². The fourth-order valence-corrected chi connectivity index (χ4v) is 5.47. The molecule has 112 valence electrons. The molecule has 0 saturated heterocycles. The number of carbonyl (C=O) groups excluding carboxylic acids is 1. The molecule has 3 nitrogen and oxygen atoms in total. The number of phenolic OH excluding ortho intramolecular Hbond substituents is 1. The minimum Gasteiger partial charge on any atom is -0.508 e. The van der Waals surface area contributed by atoms with Gasteiger partial charge in [-0.2, -0.15) is 0 Å². The van der Waals surface area contributed by atoms with Crippen molar-refractivity contribution >= 4 is 23.2 Å². The van der Waals surface area contributed by atoms with Gasteiger partial charge in [0, 0.05) is 6.07 Å². The Balaban J connectivity index is 1.57. The normalized spacial score (nSPS) is 36.7. The van der Waals surface area contributed by atoms with Crippen LogP contribution in [-0.4, -0.2) is 11.0 Å². The number of anilines is 1. The summed E-state index contributed by atoms with van der Waals surface area (Å²) in [7, 11) is 0. The van der Waals surface area contributed by atoms with E-state index in [1.807, 2.05) is 0 Å². The number of carbonyl (C=O) groups is 1. The maximum absolute atomic E-state index is 12.9. The summed E-state index contributed by atoms with van der Waals surface area (Å²) in [4.78, 5) is 12.9. The van der Waals surface area contributed by atoms with Gasteiger partial charge in [-0.1, -0.05) is 11.6 Å². The van der Waals surface area contributed by atoms with Gasteiger partial charge in [-0.25, -0.2) is 0 Å². The maximum Gasteiger partial charge on any atom is 0.230 e. The van der Waals surface area contributed by atoms with Crippen LogP contribution in [0.15, 0.2) is 18.2 Å². The molecule has 0 atom stereocenters. The highest BCUT2D eigenvalue weighted by atomic mass is 35.5. The molecule has 0 radical (unpaired) electrons. The summed E-state index contributed by atoms with van der Waals surface area (Å²) in [6.07, 6.45) is 7.10. The summed E-state index contributed by atoms with van der Waals surface area (Å²) in [5.41, 5.74) is 0.436. The highest BCUT2D eigenvalue weighted by Crippen LogP contribution is 2.60. The van der Waals surface area contributed by atoms with Gasteiger partial charge in [-0.3, -0.25) is 4.79 Å². The second kappa shape index (κ2) is 4.64. The van der Waals surface area contributed by atoms with Crippen molar-refractivity contribution in [1.82, 2.24) is 0 Å². The summed E-state index contributed by atoms with van der Waals surface area (Å²) in [6, 6.07) is 4.70. The third-order valence-electron chi connectivity index (χ3n) is 5.72. The number of halogens is 1. The van der Waals surface area contributed by atoms with Gasteiger partial charge < -0.3 is 10.4 Å². The van der Waals surface area contributed by atoms with Crippen molar-refractivity contribution in [2.75, 3.05) is 5.32 Å². The van der Waals surface area contributed by atoms with Crippen molar-refractivity contribution in [3.63, 3.8) is 0 Å². The van der Waals surface area contributed by atoms with Crippen LogP contribution in [0.25, 0.3) is 0 Å². The van der Waals surface area contributed by atoms with E-state index in [0.29, 0.717) is 10.7 Å². The second-order valence-electron chi connectivity index (χ2n) is 7.32. The standard InChI is InChI=1S/C17H20ClNO2/c18-14-6-13(20)1-2-15(14)19-16(21)17-7-10-3-11(8-17)5-12(4-10)9-17/h1-2,6,10-12,20H,3-5,7-9H2,(H,19,21). The predicted octanol–water partition coefficient (Wildman–Crippen LogP) is 4.20. The van der Waals surface area contributed by atoms with Crippen LogP contribution in [0.5, 0.6) is 5.75 Å². The molecule has 0 heterocycles. The van der Waals surface area contributed by atoms with Crippen molar-refractivity contribution in [1.29, 1.82) is 0 Å². The van der Waals surface area contributed by atoms with Gasteiger partial charge in [-0.15, -0.1) is 0 Å². The molecule has 2 N–H and O–H groups in total. The fraction of sp³-hybridized carbons (Fsp3) is 0.588. The van der Waals surface area contributed by atoms with Crippen LogP contribution in [0.2, 0.25) is 5.02 Å². The molecule has 5 rings (SSSR count). The van der Waals surface area contributed by atoms with Gasteiger partial charge in [0.25, 0.3) is 0 Å². The topological polar surface area (TPSA) is 49.3 Å². The smallest absolute Gasteiger partial charge is 0.230 e. The fourth-order valence-electron chi connectivity index (χ4n) is 5.25. The molecular formula is C17H20ClNO2. The molecule has 0 spiro atoms. The van der Waals surface area contributed by atoms with Crippen LogP contribution in [-0.2, 0) is 4.79 Å². The molecule has 0 aliphatic heterocycles. The van der Waals surface area contributed by atoms with Crippen LogP contribution in [0, 0.1) is 23.2 Å². The zero-order valence-corrected chi connectivity index (χ0v) is 12.7. The lowest BCUT2D eigenvalue weighted by molar-refractivity contribution is -0.140. The molecule has 4 saturated carbocycles. The number of phenols is 1. The third-order valence-corrected chi connectivity index (χ3v) is 6.03. The Labute approximate surface area is 129 Å². The Bertz CT molecular complexity index is 563. The molecule has 0 aromatic heterocycles. The second-order valence-corrected chi connectivity index (χ2v) is 7.72. The first kappa shape index (κ1) is 13.4. The minimum atomic E-state index is -0.171. The largest absolute Gasteiger partial charge is 0.508 e. The predicted molar refractivity (Wildman–Crippen MR) is 82.4 cm³/mol. The van der Waals surface area contributed by atoms with Gasteiger partial charge in [0.1, 0.15) is 5.75 Å². The molecule has 1 aromatic rings. The maximum atomic E-state index is 12.9. The van der Waals surface area contributed by atoms with Crippen LogP contribution >= 0.6 is 11.6 Å². The molecular weight excluding hydrogens is 286 g/mol. The number of hydrogen-bond donors (Lipinski definition) is 2. The van der Waals surface area contributed by atoms with E-state index in [2.05, 4.69) is 5.32 Å². The average Bonchev–Trinajstić information content (AvgIpc) is 2.40. The Morgan fingerprint density at radius 1 is 1.14 bits per heavy atom. The summed E-state index contributed by atoms with van der Waals surface area (Å²) in [6.45, 7) is 0. The lowest BCUT2D eigenvalue weighted by Crippen LogP contribution is -2.51. The molecule has 1 amide bonds. The van der Waals surface area contributed by atoms with Crippen molar-refractivity contribution < 1.29 is 9.90 Å². The Hall–Kier alpha value is -1.22. The van der Waals surface area contributed by atoms with E-state index in [-0.39, 0.29) is 17.1 Å². The highest BCUT2D eigenvalue weighted by molar-refractivity contribution is 6.33. The van der Waals surface area contributed by atoms with E-state index in [4.69, 9.17) is 11.6 Å². The van der Waals surface area contributed by atoms with Crippen LogP contribution in [0.3, 0.4) is 0 Å². The monoisotopic (exact) mass is 305 g/mol. The van der Waals surface area contributed by atoms with Crippen LogP contribution < -0.4 is 5.32 Å². The third kappa shape index (κ3) is 2.22. The minimum absolute atomic E-state index is 0.118. The number of benzene rings is 1. The van der Waals surface area contributed by atoms with E-state index in [0.717, 1.165) is 37.0 Å². The average molecular weight is 306 g/mol. The Kier molecular flexibility index (Phi) is 2.97. The molecule has 4 aliphatic carbocycles. The van der Waals surface area contributed by atoms with E-state index in [1.165, 1.54) is 25.3 Å². The highest BCUT2D eigenvalue weighted by Gasteiger charge is 2.54. The van der Waals surface area contributed by atoms with E-state index in [9.17, 15) is 9.90 Å². The molecule has 4 bridgehead atoms. The number of aromatic hydroxyl groups is 1. The van der Waals surface area contributed by atoms with Crippen LogP contribution in [0.1, 0.15) is 38.5 Å². The number of rotatable bonds is 2. The first-order chi connectivity index (χ1) is 10.0. The zero-order valence-electron chi connectivity index (χ0n) is 11.9. The summed E-state index contributed by atoms with van der Waals surface area (Å²) < 4.78 is 0. The van der Waals surface area contributed by atoms with Crippen molar-refractivity contribution in [3.05, 3.63) is 23.2 Å². The molecule has 1 aromatic carbocycles. The van der Waals surface area contributed by atoms with Gasteiger partial charge in [0.15, 0.2) is 0 Å². The molecule has 21 heavy (non-hydrogen) atoms. The van der Waals surface area contributed by atoms with E-state index in [1.54, 1.807) is 12.1 Å². The molecule has 4 fully saturated rings. The van der Waals surface area contributed by atoms with Crippen molar-refractivity contribution in [3.8, 4) is 5.75 Å². The SMILES string of the molecule is O=C(Nc1ccc(O)cc1Cl)C12CC3CC(CC(C3)C1)C2. The van der Waals surface area contributed by atoms with Gasteiger partial charge >= 0.3 is 0 Å². The first-order valence-electron chi connectivity index (χ1n) is 7.84. The number of hydrogen-bond acceptors (Lipinski definition) is 2. The van der Waals surface area contributed by atoms with E-state index >= 15 is 0 Å². The number of nitrogens with one attached hydrogen (secondary N) is 1. The lowest BCUT2D eigenvalue weighted by atomic mass is 9.49. The molecule has 0 unspecified atom stereocenters. The molecule has 4 heteroatoms. The summed E-state index contributed by atoms with van der Waals surface area (Å²) >= 11 is 6.11. The zero-order chi connectivity index (χ0) is 14.6. The Morgan fingerprint density at radius 3 is 2.24 bits per heavy atom. The summed E-state index contributed by atoms with van der Waals surface area (Å²) in [5, 5.41) is 12.8. The number of amides is 1. The van der Waals surface area contributed by atoms with Gasteiger partial charge in [0.2, 0.25) is 5.91 Å². The van der Waals surface area contributed by atoms with Crippen molar-refractivity contribution in [2.45, 2.75) is 38.5 Å². The van der Waals surface area contributed by atoms with Gasteiger partial charge in [0.05, 0.1) is 16.1 Å². The molecule has 4 aliphatic rings. The first-order valence-corrected chi connectivity index (χ1v) is 8.22. The summed E-state index contributed by atoms with van der Waals surface area (Å²) in [5.74, 6) is 2.49.